The number of carbonyl (C=O) groups is 1. The number of rotatable bonds is 3. The van der Waals surface area contributed by atoms with Gasteiger partial charge in [0.2, 0.25) is 0 Å². The first-order chi connectivity index (χ1) is 6.40. The summed E-state index contributed by atoms with van der Waals surface area (Å²) in [5.74, 6) is -0.854. The zero-order valence-corrected chi connectivity index (χ0v) is 9.45. The number of hydrogen-bond acceptors (Lipinski definition) is 3. The Morgan fingerprint density at radius 2 is 2.00 bits per heavy atom. The number of esters is 1. The highest BCUT2D eigenvalue weighted by molar-refractivity contribution is 6.59. The molecule has 0 aliphatic heterocycles. The second kappa shape index (κ2) is 5.92. The number of nitrogens with zero attached hydrogens (tertiary/aromatic N) is 1. The Bertz CT molecular complexity index is 326. The maximum absolute atomic E-state index is 11.0. The van der Waals surface area contributed by atoms with Crippen molar-refractivity contribution in [2.45, 2.75) is 13.0 Å². The van der Waals surface area contributed by atoms with Gasteiger partial charge in [0, 0.05) is 0 Å². The predicted octanol–water partition coefficient (Wildman–Crippen LogP) is 2.88. The van der Waals surface area contributed by atoms with Gasteiger partial charge in [-0.15, -0.1) is 0 Å². The van der Waals surface area contributed by atoms with Crippen LogP contribution in [0, 0.1) is 11.3 Å². The SMILES string of the molecule is C=C(C#N)C(=O)OC(C)C(Cl)=C(Cl)Cl. The topological polar surface area (TPSA) is 50.1 Å². The lowest BCUT2D eigenvalue weighted by atomic mass is 10.3. The predicted molar refractivity (Wildman–Crippen MR) is 54.9 cm³/mol. The quantitative estimate of drug-likeness (QED) is 0.442. The lowest BCUT2D eigenvalue weighted by Crippen LogP contribution is -2.16. The molecule has 76 valence electrons. The Morgan fingerprint density at radius 1 is 1.50 bits per heavy atom. The lowest BCUT2D eigenvalue weighted by Gasteiger charge is -2.11. The van der Waals surface area contributed by atoms with Crippen LogP contribution in [0.3, 0.4) is 0 Å². The van der Waals surface area contributed by atoms with Crippen LogP contribution in [0.15, 0.2) is 21.7 Å². The molecular weight excluding hydrogens is 248 g/mol. The first kappa shape index (κ1) is 13.3. The van der Waals surface area contributed by atoms with E-state index in [0.717, 1.165) is 0 Å². The van der Waals surface area contributed by atoms with E-state index in [1.54, 1.807) is 6.07 Å². The van der Waals surface area contributed by atoms with Crippen molar-refractivity contribution >= 4 is 40.8 Å². The number of carbonyl (C=O) groups excluding carboxylic acids is 1. The van der Waals surface area contributed by atoms with Crippen molar-refractivity contribution < 1.29 is 9.53 Å². The third-order valence-electron chi connectivity index (χ3n) is 1.20. The van der Waals surface area contributed by atoms with Gasteiger partial charge < -0.3 is 4.74 Å². The monoisotopic (exact) mass is 253 g/mol. The van der Waals surface area contributed by atoms with E-state index in [4.69, 9.17) is 44.8 Å². The van der Waals surface area contributed by atoms with Crippen LogP contribution < -0.4 is 0 Å². The normalized spacial score (nSPS) is 11.1. The molecule has 0 saturated carbocycles. The van der Waals surface area contributed by atoms with Crippen molar-refractivity contribution in [2.24, 2.45) is 0 Å². The van der Waals surface area contributed by atoms with Gasteiger partial charge in [0.25, 0.3) is 0 Å². The smallest absolute Gasteiger partial charge is 0.348 e. The van der Waals surface area contributed by atoms with Gasteiger partial charge in [0.05, 0.1) is 5.03 Å². The Hall–Kier alpha value is -0.690. The highest BCUT2D eigenvalue weighted by Crippen LogP contribution is 2.23. The highest BCUT2D eigenvalue weighted by Gasteiger charge is 2.17. The van der Waals surface area contributed by atoms with Crippen LogP contribution in [-0.2, 0) is 9.53 Å². The van der Waals surface area contributed by atoms with Gasteiger partial charge in [-0.1, -0.05) is 41.4 Å². The molecule has 1 unspecified atom stereocenters. The first-order valence-corrected chi connectivity index (χ1v) is 4.54. The Labute approximate surface area is 96.5 Å². The summed E-state index contributed by atoms with van der Waals surface area (Å²) in [5, 5.41) is 8.31. The van der Waals surface area contributed by atoms with Crippen molar-refractivity contribution in [2.75, 3.05) is 0 Å². The number of nitriles is 1. The summed E-state index contributed by atoms with van der Waals surface area (Å²) >= 11 is 16.3. The van der Waals surface area contributed by atoms with Crippen molar-refractivity contribution in [3.8, 4) is 6.07 Å². The molecule has 0 spiro atoms. The molecule has 1 atom stereocenters. The average Bonchev–Trinajstić information content (AvgIpc) is 2.14. The third-order valence-corrected chi connectivity index (χ3v) is 2.30. The fourth-order valence-corrected chi connectivity index (χ4v) is 0.835. The standard InChI is InChI=1S/C8H6Cl3NO2/c1-4(3-12)8(13)14-5(2)6(9)7(10)11/h5H,1H2,2H3. The van der Waals surface area contributed by atoms with E-state index in [0.29, 0.717) is 0 Å². The first-order valence-electron chi connectivity index (χ1n) is 3.40. The van der Waals surface area contributed by atoms with Crippen LogP contribution in [0.2, 0.25) is 0 Å². The van der Waals surface area contributed by atoms with Crippen LogP contribution in [0.5, 0.6) is 0 Å². The summed E-state index contributed by atoms with van der Waals surface area (Å²) in [5.41, 5.74) is -0.313. The largest absolute Gasteiger partial charge is 0.453 e. The molecule has 0 N–H and O–H groups in total. The molecule has 3 nitrogen and oxygen atoms in total. The minimum absolute atomic E-state index is 0.00702. The molecule has 0 bridgehead atoms. The van der Waals surface area contributed by atoms with Crippen molar-refractivity contribution in [3.63, 3.8) is 0 Å². The molecule has 0 rings (SSSR count). The Kier molecular flexibility index (Phi) is 5.63. The summed E-state index contributed by atoms with van der Waals surface area (Å²) in [4.78, 5) is 11.0. The van der Waals surface area contributed by atoms with E-state index in [1.807, 2.05) is 0 Å². The maximum atomic E-state index is 11.0. The minimum Gasteiger partial charge on any atom is -0.453 e. The van der Waals surface area contributed by atoms with Crippen LogP contribution in [-0.4, -0.2) is 12.1 Å². The van der Waals surface area contributed by atoms with Crippen LogP contribution in [0.25, 0.3) is 0 Å². The molecule has 14 heavy (non-hydrogen) atoms. The van der Waals surface area contributed by atoms with Crippen molar-refractivity contribution in [3.05, 3.63) is 21.7 Å². The number of ether oxygens (including phenoxy) is 1. The van der Waals surface area contributed by atoms with E-state index in [2.05, 4.69) is 6.58 Å². The number of hydrogen-bond donors (Lipinski definition) is 0. The van der Waals surface area contributed by atoms with Crippen molar-refractivity contribution in [1.29, 1.82) is 5.26 Å². The summed E-state index contributed by atoms with van der Waals surface area (Å²) in [6, 6.07) is 1.54. The molecule has 0 heterocycles. The minimum atomic E-state index is -0.854. The zero-order valence-electron chi connectivity index (χ0n) is 7.18. The highest BCUT2D eigenvalue weighted by atomic mass is 35.5. The molecule has 0 radical (unpaired) electrons. The molecule has 0 aliphatic rings. The van der Waals surface area contributed by atoms with Gasteiger partial charge in [-0.2, -0.15) is 5.26 Å². The van der Waals surface area contributed by atoms with Crippen molar-refractivity contribution in [1.82, 2.24) is 0 Å². The molecule has 0 aromatic rings. The zero-order chi connectivity index (χ0) is 11.3. The Morgan fingerprint density at radius 3 is 2.36 bits per heavy atom. The van der Waals surface area contributed by atoms with Gasteiger partial charge in [0.1, 0.15) is 22.2 Å². The van der Waals surface area contributed by atoms with E-state index in [-0.39, 0.29) is 15.1 Å². The second-order valence-corrected chi connectivity index (χ2v) is 3.60. The summed E-state index contributed by atoms with van der Waals surface area (Å²) in [6.07, 6.45) is -0.806. The van der Waals surface area contributed by atoms with Crippen LogP contribution in [0.4, 0.5) is 0 Å². The average molecular weight is 254 g/mol. The van der Waals surface area contributed by atoms with Gasteiger partial charge in [-0.3, -0.25) is 0 Å². The number of halogens is 3. The van der Waals surface area contributed by atoms with E-state index in [1.165, 1.54) is 6.92 Å². The van der Waals surface area contributed by atoms with E-state index >= 15 is 0 Å². The van der Waals surface area contributed by atoms with Crippen LogP contribution >= 0.6 is 34.8 Å². The molecule has 6 heteroatoms. The molecule has 0 aliphatic carbocycles. The summed E-state index contributed by atoms with van der Waals surface area (Å²) < 4.78 is 4.52. The molecule has 0 aromatic carbocycles. The lowest BCUT2D eigenvalue weighted by molar-refractivity contribution is -0.141. The fourth-order valence-electron chi connectivity index (χ4n) is 0.483. The Balaban J connectivity index is 4.44. The molecular formula is C8H6Cl3NO2. The van der Waals surface area contributed by atoms with E-state index in [9.17, 15) is 4.79 Å². The molecule has 0 saturated heterocycles. The van der Waals surface area contributed by atoms with Gasteiger partial charge >= 0.3 is 5.97 Å². The molecule has 0 aromatic heterocycles. The van der Waals surface area contributed by atoms with E-state index < -0.39 is 12.1 Å². The van der Waals surface area contributed by atoms with Crippen LogP contribution in [0.1, 0.15) is 6.92 Å². The molecule has 0 fully saturated rings. The third kappa shape index (κ3) is 4.01. The van der Waals surface area contributed by atoms with Gasteiger partial charge in [0.15, 0.2) is 0 Å². The van der Waals surface area contributed by atoms with Gasteiger partial charge in [-0.05, 0) is 6.92 Å². The maximum Gasteiger partial charge on any atom is 0.348 e. The second-order valence-electron chi connectivity index (χ2n) is 2.25. The van der Waals surface area contributed by atoms with Gasteiger partial charge in [-0.25, -0.2) is 4.79 Å². The fraction of sp³-hybridized carbons (Fsp3) is 0.250. The molecule has 0 amide bonds. The summed E-state index contributed by atoms with van der Waals surface area (Å²) in [7, 11) is 0. The summed E-state index contributed by atoms with van der Waals surface area (Å²) in [6.45, 7) is 4.64.